The highest BCUT2D eigenvalue weighted by molar-refractivity contribution is 5.78. The van der Waals surface area contributed by atoms with Crippen molar-refractivity contribution >= 4 is 11.0 Å². The second kappa shape index (κ2) is 9.35. The monoisotopic (exact) mass is 560 g/mol. The van der Waals surface area contributed by atoms with E-state index in [1.54, 1.807) is 24.1 Å². The van der Waals surface area contributed by atoms with Gasteiger partial charge in [0.1, 0.15) is 17.7 Å². The summed E-state index contributed by atoms with van der Waals surface area (Å²) < 4.78 is 49.4. The molecule has 5 aromatic rings. The molecule has 0 radical (unpaired) electrons. The molecule has 1 atom stereocenters. The van der Waals surface area contributed by atoms with Crippen LogP contribution in [-0.4, -0.2) is 46.4 Å². The molecule has 1 saturated carbocycles. The van der Waals surface area contributed by atoms with Crippen LogP contribution in [0.5, 0.6) is 5.88 Å². The number of hydrogen-bond acceptors (Lipinski definition) is 7. The van der Waals surface area contributed by atoms with E-state index in [1.807, 2.05) is 36.7 Å². The maximum absolute atomic E-state index is 13.4. The van der Waals surface area contributed by atoms with Crippen molar-refractivity contribution in [1.82, 2.24) is 39.3 Å². The molecule has 0 amide bonds. The summed E-state index contributed by atoms with van der Waals surface area (Å²) in [6, 6.07) is 5.53. The van der Waals surface area contributed by atoms with E-state index in [0.29, 0.717) is 40.2 Å². The fourth-order valence-electron chi connectivity index (χ4n) is 5.72. The number of fused-ring (bicyclic) bond motifs is 2. The Morgan fingerprint density at radius 2 is 1.85 bits per heavy atom. The van der Waals surface area contributed by atoms with Gasteiger partial charge in [0.15, 0.2) is 17.2 Å². The lowest BCUT2D eigenvalue weighted by atomic mass is 10.0. The molecule has 9 nitrogen and oxygen atoms in total. The van der Waals surface area contributed by atoms with Crippen LogP contribution in [0.4, 0.5) is 13.2 Å². The molecule has 0 spiro atoms. The number of halogens is 3. The van der Waals surface area contributed by atoms with Gasteiger partial charge in [-0.2, -0.15) is 18.3 Å². The number of rotatable bonds is 6. The fraction of sp³-hybridized carbons (Fsp3) is 0.379. The number of alkyl halides is 3. The summed E-state index contributed by atoms with van der Waals surface area (Å²) in [5.74, 6) is 1.60. The van der Waals surface area contributed by atoms with Crippen molar-refractivity contribution in [3.05, 3.63) is 65.6 Å². The number of hydrogen-bond donors (Lipinski definition) is 0. The van der Waals surface area contributed by atoms with Crippen molar-refractivity contribution in [2.45, 2.75) is 63.7 Å². The van der Waals surface area contributed by atoms with Crippen molar-refractivity contribution in [2.24, 2.45) is 0 Å². The first-order chi connectivity index (χ1) is 19.7. The largest absolute Gasteiger partial charge is 0.480 e. The average molecular weight is 561 g/mol. The third kappa shape index (κ3) is 4.32. The van der Waals surface area contributed by atoms with E-state index in [-0.39, 0.29) is 12.1 Å². The zero-order valence-electron chi connectivity index (χ0n) is 22.7. The van der Waals surface area contributed by atoms with Crippen LogP contribution < -0.4 is 4.74 Å². The Morgan fingerprint density at radius 1 is 1.02 bits per heavy atom. The first-order valence-electron chi connectivity index (χ1n) is 13.6. The minimum atomic E-state index is -4.51. The Hall–Kier alpha value is -4.35. The van der Waals surface area contributed by atoms with E-state index in [1.165, 1.54) is 6.33 Å². The molecule has 1 aromatic carbocycles. The highest BCUT2D eigenvalue weighted by atomic mass is 19.4. The molecule has 4 heterocycles. The molecule has 210 valence electrons. The first kappa shape index (κ1) is 25.6. The molecular formula is C29H27F3N8O. The summed E-state index contributed by atoms with van der Waals surface area (Å²) in [6.45, 7) is 3.69. The maximum Gasteiger partial charge on any atom is 0.434 e. The summed E-state index contributed by atoms with van der Waals surface area (Å²) in [7, 11) is 1.58. The lowest BCUT2D eigenvalue weighted by Crippen LogP contribution is -2.10. The molecular weight excluding hydrogens is 533 g/mol. The number of aromatic nitrogens is 8. The van der Waals surface area contributed by atoms with Gasteiger partial charge in [0, 0.05) is 29.9 Å². The Balaban J connectivity index is 1.27. The second-order valence-electron chi connectivity index (χ2n) is 10.9. The zero-order valence-corrected chi connectivity index (χ0v) is 22.7. The summed E-state index contributed by atoms with van der Waals surface area (Å²) in [6.07, 6.45) is 5.27. The van der Waals surface area contributed by atoms with Crippen LogP contribution in [0.15, 0.2) is 43.1 Å². The zero-order chi connectivity index (χ0) is 28.5. The van der Waals surface area contributed by atoms with Crippen molar-refractivity contribution < 1.29 is 17.9 Å². The number of nitrogens with zero attached hydrogens (tertiary/aromatic N) is 8. The minimum Gasteiger partial charge on any atom is -0.480 e. The number of aryl methyl sites for hydroxylation is 1. The van der Waals surface area contributed by atoms with Gasteiger partial charge in [-0.1, -0.05) is 12.1 Å². The fourth-order valence-corrected chi connectivity index (χ4v) is 5.72. The van der Waals surface area contributed by atoms with Crippen LogP contribution in [0.2, 0.25) is 0 Å². The molecule has 4 aromatic heterocycles. The third-order valence-corrected chi connectivity index (χ3v) is 7.88. The van der Waals surface area contributed by atoms with Crippen molar-refractivity contribution in [3.63, 3.8) is 0 Å². The molecule has 0 N–H and O–H groups in total. The molecule has 7 rings (SSSR count). The molecule has 1 fully saturated rings. The Bertz CT molecular complexity index is 1790. The van der Waals surface area contributed by atoms with Gasteiger partial charge in [0.25, 0.3) is 0 Å². The van der Waals surface area contributed by atoms with E-state index in [4.69, 9.17) is 9.72 Å². The predicted molar refractivity (Wildman–Crippen MR) is 144 cm³/mol. The van der Waals surface area contributed by atoms with Crippen LogP contribution in [0.1, 0.15) is 73.6 Å². The van der Waals surface area contributed by atoms with Crippen LogP contribution in [-0.2, 0) is 12.6 Å². The minimum absolute atomic E-state index is 0.0771. The summed E-state index contributed by atoms with van der Waals surface area (Å²) >= 11 is 0. The molecule has 2 aliphatic rings. The molecule has 0 saturated heterocycles. The Morgan fingerprint density at radius 3 is 2.59 bits per heavy atom. The molecule has 0 bridgehead atoms. The van der Waals surface area contributed by atoms with Crippen molar-refractivity contribution in [3.8, 4) is 28.7 Å². The number of ether oxygens (including phenoxy) is 1. The summed E-state index contributed by atoms with van der Waals surface area (Å²) in [5.41, 5.74) is 4.20. The predicted octanol–water partition coefficient (Wildman–Crippen LogP) is 6.17. The van der Waals surface area contributed by atoms with Crippen molar-refractivity contribution in [2.75, 3.05) is 7.11 Å². The van der Waals surface area contributed by atoms with E-state index < -0.39 is 11.9 Å². The van der Waals surface area contributed by atoms with Gasteiger partial charge in [0.2, 0.25) is 5.88 Å². The molecule has 0 aliphatic heterocycles. The van der Waals surface area contributed by atoms with Crippen LogP contribution in [0.25, 0.3) is 33.8 Å². The Labute approximate surface area is 233 Å². The molecule has 12 heteroatoms. The normalized spacial score (nSPS) is 17.0. The smallest absolute Gasteiger partial charge is 0.434 e. The third-order valence-electron chi connectivity index (χ3n) is 7.88. The van der Waals surface area contributed by atoms with Gasteiger partial charge in [-0.15, -0.1) is 0 Å². The number of imidazole rings is 1. The summed E-state index contributed by atoms with van der Waals surface area (Å²) in [4.78, 5) is 22.3. The molecule has 2 aliphatic carbocycles. The highest BCUT2D eigenvalue weighted by Gasteiger charge is 2.36. The second-order valence-corrected chi connectivity index (χ2v) is 10.9. The lowest BCUT2D eigenvalue weighted by Gasteiger charge is -2.15. The van der Waals surface area contributed by atoms with Gasteiger partial charge in [-0.3, -0.25) is 0 Å². The van der Waals surface area contributed by atoms with Crippen molar-refractivity contribution in [1.29, 1.82) is 0 Å². The maximum atomic E-state index is 13.4. The quantitative estimate of drug-likeness (QED) is 0.245. The van der Waals surface area contributed by atoms with Crippen LogP contribution in [0, 0.1) is 0 Å². The van der Waals surface area contributed by atoms with E-state index in [2.05, 4.69) is 25.0 Å². The highest BCUT2D eigenvalue weighted by Crippen LogP contribution is 2.45. The summed E-state index contributed by atoms with van der Waals surface area (Å²) in [5, 5.41) is 5.49. The van der Waals surface area contributed by atoms with Gasteiger partial charge >= 0.3 is 6.18 Å². The number of benzene rings is 1. The van der Waals surface area contributed by atoms with Crippen LogP contribution in [0.3, 0.4) is 0 Å². The van der Waals surface area contributed by atoms with Gasteiger partial charge in [0.05, 0.1) is 30.4 Å². The van der Waals surface area contributed by atoms with E-state index >= 15 is 0 Å². The van der Waals surface area contributed by atoms with Gasteiger partial charge in [-0.05, 0) is 56.7 Å². The molecule has 41 heavy (non-hydrogen) atoms. The van der Waals surface area contributed by atoms with Gasteiger partial charge < -0.3 is 9.30 Å². The van der Waals surface area contributed by atoms with Gasteiger partial charge in [-0.25, -0.2) is 29.6 Å². The molecule has 0 unspecified atom stereocenters. The van der Waals surface area contributed by atoms with Crippen LogP contribution >= 0.6 is 0 Å². The van der Waals surface area contributed by atoms with E-state index in [0.717, 1.165) is 54.1 Å². The topological polar surface area (TPSA) is 96.4 Å². The standard InChI is InChI=1S/C29H27F3N8O/c1-15(2)39-13-22(29(30,31)32)37-26(39)18-6-8-20-17(10-18)7-9-21(20)40-27-19(12-36-40)11-33-25(38-27)23-24(16-4-5-16)34-14-35-28(23)41-3/h6,8,10-16,21H,4-5,7,9H2,1-3H3/t21-/m0/s1. The van der Waals surface area contributed by atoms with E-state index in [9.17, 15) is 13.2 Å². The average Bonchev–Trinajstić information content (AvgIpc) is 3.36. The number of methoxy groups -OCH3 is 1. The Kier molecular flexibility index (Phi) is 5.84. The SMILES string of the molecule is COc1ncnc(C2CC2)c1-c1ncc2cnn([C@H]3CCc4cc(-c5nc(C(F)(F)F)cn5C(C)C)ccc43)c2n1. The first-order valence-corrected chi connectivity index (χ1v) is 13.6. The lowest BCUT2D eigenvalue weighted by molar-refractivity contribution is -0.140.